The molecule has 0 atom stereocenters. The SMILES string of the molecule is CCc1ncc(C(=O)NCCc2ccccc2OC)s1. The second-order valence-corrected chi connectivity index (χ2v) is 5.40. The van der Waals surface area contributed by atoms with Gasteiger partial charge < -0.3 is 10.1 Å². The summed E-state index contributed by atoms with van der Waals surface area (Å²) in [6.45, 7) is 2.61. The number of nitrogens with zero attached hydrogens (tertiary/aromatic N) is 1. The smallest absolute Gasteiger partial charge is 0.263 e. The van der Waals surface area contributed by atoms with Crippen LogP contribution in [0.1, 0.15) is 27.2 Å². The summed E-state index contributed by atoms with van der Waals surface area (Å²) in [7, 11) is 1.65. The highest BCUT2D eigenvalue weighted by atomic mass is 32.1. The number of aryl methyl sites for hydroxylation is 1. The van der Waals surface area contributed by atoms with Gasteiger partial charge in [-0.1, -0.05) is 25.1 Å². The van der Waals surface area contributed by atoms with Gasteiger partial charge in [-0.25, -0.2) is 4.98 Å². The van der Waals surface area contributed by atoms with Crippen LogP contribution in [0.5, 0.6) is 5.75 Å². The zero-order chi connectivity index (χ0) is 14.4. The Balaban J connectivity index is 1.87. The number of carbonyl (C=O) groups is 1. The molecule has 0 saturated heterocycles. The number of hydrogen-bond acceptors (Lipinski definition) is 4. The van der Waals surface area contributed by atoms with E-state index < -0.39 is 0 Å². The van der Waals surface area contributed by atoms with Crippen LogP contribution in [0, 0.1) is 0 Å². The first kappa shape index (κ1) is 14.5. The van der Waals surface area contributed by atoms with E-state index in [0.29, 0.717) is 11.4 Å². The van der Waals surface area contributed by atoms with E-state index in [2.05, 4.69) is 10.3 Å². The van der Waals surface area contributed by atoms with Crippen LogP contribution >= 0.6 is 11.3 Å². The molecule has 4 nitrogen and oxygen atoms in total. The van der Waals surface area contributed by atoms with Crippen LogP contribution in [0.2, 0.25) is 0 Å². The van der Waals surface area contributed by atoms with E-state index in [1.807, 2.05) is 31.2 Å². The molecule has 2 aromatic rings. The lowest BCUT2D eigenvalue weighted by molar-refractivity contribution is 0.0958. The summed E-state index contributed by atoms with van der Waals surface area (Å²) in [5.74, 6) is 0.796. The zero-order valence-electron chi connectivity index (χ0n) is 11.7. The van der Waals surface area contributed by atoms with Crippen molar-refractivity contribution < 1.29 is 9.53 Å². The van der Waals surface area contributed by atoms with Gasteiger partial charge in [0.15, 0.2) is 0 Å². The van der Waals surface area contributed by atoms with E-state index >= 15 is 0 Å². The summed E-state index contributed by atoms with van der Waals surface area (Å²) in [6, 6.07) is 7.83. The normalized spacial score (nSPS) is 10.3. The van der Waals surface area contributed by atoms with Gasteiger partial charge in [0.05, 0.1) is 18.3 Å². The molecule has 1 aromatic carbocycles. The van der Waals surface area contributed by atoms with Crippen molar-refractivity contribution in [2.45, 2.75) is 19.8 Å². The lowest BCUT2D eigenvalue weighted by atomic mass is 10.1. The molecule has 20 heavy (non-hydrogen) atoms. The fraction of sp³-hybridized carbons (Fsp3) is 0.333. The lowest BCUT2D eigenvalue weighted by Gasteiger charge is -2.08. The minimum Gasteiger partial charge on any atom is -0.496 e. The zero-order valence-corrected chi connectivity index (χ0v) is 12.5. The van der Waals surface area contributed by atoms with Gasteiger partial charge in [-0.2, -0.15) is 0 Å². The van der Waals surface area contributed by atoms with Crippen LogP contribution in [0.15, 0.2) is 30.5 Å². The van der Waals surface area contributed by atoms with E-state index in [0.717, 1.165) is 29.2 Å². The van der Waals surface area contributed by atoms with Crippen LogP contribution in [0.4, 0.5) is 0 Å². The van der Waals surface area contributed by atoms with Crippen LogP contribution in [-0.2, 0) is 12.8 Å². The predicted molar refractivity (Wildman–Crippen MR) is 80.5 cm³/mol. The second kappa shape index (κ2) is 7.05. The summed E-state index contributed by atoms with van der Waals surface area (Å²) >= 11 is 1.45. The van der Waals surface area contributed by atoms with Crippen molar-refractivity contribution >= 4 is 17.2 Å². The fourth-order valence-electron chi connectivity index (χ4n) is 1.89. The Labute approximate surface area is 122 Å². The number of para-hydroxylation sites is 1. The van der Waals surface area contributed by atoms with Gasteiger partial charge in [0, 0.05) is 6.54 Å². The molecule has 0 aliphatic heterocycles. The number of benzene rings is 1. The van der Waals surface area contributed by atoms with Gasteiger partial charge in [0.2, 0.25) is 0 Å². The number of aromatic nitrogens is 1. The van der Waals surface area contributed by atoms with Crippen molar-refractivity contribution in [1.29, 1.82) is 0 Å². The maximum absolute atomic E-state index is 11.9. The van der Waals surface area contributed by atoms with Gasteiger partial charge in [0.25, 0.3) is 5.91 Å². The standard InChI is InChI=1S/C15H18N2O2S/c1-3-14-17-10-13(20-14)15(18)16-9-8-11-6-4-5-7-12(11)19-2/h4-7,10H,3,8-9H2,1-2H3,(H,16,18). The molecule has 1 N–H and O–H groups in total. The number of nitrogens with one attached hydrogen (secondary N) is 1. The highest BCUT2D eigenvalue weighted by Gasteiger charge is 2.09. The first-order valence-corrected chi connectivity index (χ1v) is 7.41. The molecule has 0 spiro atoms. The Kier molecular flexibility index (Phi) is 5.12. The van der Waals surface area contributed by atoms with Crippen molar-refractivity contribution in [3.05, 3.63) is 45.9 Å². The van der Waals surface area contributed by atoms with Crippen LogP contribution in [-0.4, -0.2) is 24.5 Å². The monoisotopic (exact) mass is 290 g/mol. The molecule has 0 bridgehead atoms. The third-order valence-electron chi connectivity index (χ3n) is 2.95. The van der Waals surface area contributed by atoms with E-state index in [1.54, 1.807) is 13.3 Å². The van der Waals surface area contributed by atoms with Crippen molar-refractivity contribution in [3.8, 4) is 5.75 Å². The largest absolute Gasteiger partial charge is 0.496 e. The number of methoxy groups -OCH3 is 1. The highest BCUT2D eigenvalue weighted by Crippen LogP contribution is 2.17. The Morgan fingerprint density at radius 2 is 2.20 bits per heavy atom. The summed E-state index contributed by atoms with van der Waals surface area (Å²) in [4.78, 5) is 16.8. The Morgan fingerprint density at radius 1 is 1.40 bits per heavy atom. The number of ether oxygens (including phenoxy) is 1. The van der Waals surface area contributed by atoms with Gasteiger partial charge in [0.1, 0.15) is 10.6 Å². The van der Waals surface area contributed by atoms with E-state index in [9.17, 15) is 4.79 Å². The third-order valence-corrected chi connectivity index (χ3v) is 4.09. The number of hydrogen-bond donors (Lipinski definition) is 1. The van der Waals surface area contributed by atoms with Crippen molar-refractivity contribution in [2.24, 2.45) is 0 Å². The quantitative estimate of drug-likeness (QED) is 0.890. The molecule has 106 valence electrons. The number of thiazole rings is 1. The first-order chi connectivity index (χ1) is 9.74. The Bertz CT molecular complexity index is 581. The molecular weight excluding hydrogens is 272 g/mol. The van der Waals surface area contributed by atoms with Gasteiger partial charge in [-0.3, -0.25) is 4.79 Å². The molecule has 0 radical (unpaired) electrons. The number of carbonyl (C=O) groups excluding carboxylic acids is 1. The van der Waals surface area contributed by atoms with E-state index in [1.165, 1.54) is 11.3 Å². The molecule has 5 heteroatoms. The molecule has 2 rings (SSSR count). The lowest BCUT2D eigenvalue weighted by Crippen LogP contribution is -2.25. The number of amides is 1. The first-order valence-electron chi connectivity index (χ1n) is 6.59. The van der Waals surface area contributed by atoms with E-state index in [4.69, 9.17) is 4.74 Å². The summed E-state index contributed by atoms with van der Waals surface area (Å²) in [5, 5.41) is 3.90. The average molecular weight is 290 g/mol. The Hall–Kier alpha value is -1.88. The van der Waals surface area contributed by atoms with Crippen molar-refractivity contribution in [3.63, 3.8) is 0 Å². The highest BCUT2D eigenvalue weighted by molar-refractivity contribution is 7.13. The van der Waals surface area contributed by atoms with Crippen molar-refractivity contribution in [2.75, 3.05) is 13.7 Å². The molecular formula is C15H18N2O2S. The molecule has 1 aromatic heterocycles. The van der Waals surface area contributed by atoms with Crippen molar-refractivity contribution in [1.82, 2.24) is 10.3 Å². The van der Waals surface area contributed by atoms with Crippen LogP contribution in [0.3, 0.4) is 0 Å². The minimum absolute atomic E-state index is 0.0582. The molecule has 0 unspecified atom stereocenters. The number of rotatable bonds is 6. The molecule has 0 saturated carbocycles. The van der Waals surface area contributed by atoms with Crippen LogP contribution < -0.4 is 10.1 Å². The molecule has 1 amide bonds. The van der Waals surface area contributed by atoms with Gasteiger partial charge in [-0.05, 0) is 24.5 Å². The van der Waals surface area contributed by atoms with Gasteiger partial charge in [-0.15, -0.1) is 11.3 Å². The summed E-state index contributed by atoms with van der Waals surface area (Å²) in [6.07, 6.45) is 3.25. The summed E-state index contributed by atoms with van der Waals surface area (Å²) < 4.78 is 5.28. The van der Waals surface area contributed by atoms with Crippen LogP contribution in [0.25, 0.3) is 0 Å². The molecule has 0 aliphatic carbocycles. The minimum atomic E-state index is -0.0582. The molecule has 0 aliphatic rings. The van der Waals surface area contributed by atoms with E-state index in [-0.39, 0.29) is 5.91 Å². The second-order valence-electron chi connectivity index (χ2n) is 4.29. The summed E-state index contributed by atoms with van der Waals surface area (Å²) in [5.41, 5.74) is 1.09. The molecule has 0 fully saturated rings. The average Bonchev–Trinajstić information content (AvgIpc) is 2.96. The predicted octanol–water partition coefficient (Wildman–Crippen LogP) is 2.69. The topological polar surface area (TPSA) is 51.2 Å². The molecule has 1 heterocycles. The maximum atomic E-state index is 11.9. The Morgan fingerprint density at radius 3 is 2.90 bits per heavy atom. The third kappa shape index (κ3) is 3.57. The van der Waals surface area contributed by atoms with Gasteiger partial charge >= 0.3 is 0 Å². The maximum Gasteiger partial charge on any atom is 0.263 e. The fourth-order valence-corrected chi connectivity index (χ4v) is 2.66.